The number of ether oxygens (including phenoxy) is 1. The lowest BCUT2D eigenvalue weighted by molar-refractivity contribution is -0.153. The lowest BCUT2D eigenvalue weighted by Crippen LogP contribution is -2.56. The van der Waals surface area contributed by atoms with Crippen LogP contribution in [0.5, 0.6) is 0 Å². The summed E-state index contributed by atoms with van der Waals surface area (Å²) >= 11 is 0. The van der Waals surface area contributed by atoms with Crippen molar-refractivity contribution in [1.82, 2.24) is 9.88 Å². The first-order valence-corrected chi connectivity index (χ1v) is 7.07. The van der Waals surface area contributed by atoms with Gasteiger partial charge in [-0.15, -0.1) is 0 Å². The summed E-state index contributed by atoms with van der Waals surface area (Å²) in [5.41, 5.74) is 6.73. The van der Waals surface area contributed by atoms with Gasteiger partial charge in [-0.3, -0.25) is 14.7 Å². The van der Waals surface area contributed by atoms with Crippen molar-refractivity contribution in [3.05, 3.63) is 42.1 Å². The van der Waals surface area contributed by atoms with Gasteiger partial charge in [0.05, 0.1) is 12.1 Å². The molecule has 1 aromatic heterocycles. The zero-order chi connectivity index (χ0) is 14.9. The number of amides is 1. The molecule has 5 nitrogen and oxygen atoms in total. The number of fused-ring (bicyclic) bond motifs is 1. The molecule has 2 heterocycles. The first kappa shape index (κ1) is 14.0. The van der Waals surface area contributed by atoms with E-state index in [0.717, 1.165) is 24.0 Å². The maximum atomic E-state index is 11.5. The number of rotatable bonds is 3. The summed E-state index contributed by atoms with van der Waals surface area (Å²) in [4.78, 5) is 18.0. The lowest BCUT2D eigenvalue weighted by atomic mass is 10.0. The highest BCUT2D eigenvalue weighted by Crippen LogP contribution is 2.20. The third-order valence-electron chi connectivity index (χ3n) is 3.95. The average Bonchev–Trinajstić information content (AvgIpc) is 2.47. The molecule has 1 atom stereocenters. The van der Waals surface area contributed by atoms with E-state index in [1.165, 1.54) is 5.56 Å². The number of hydrogen-bond donors (Lipinski definition) is 1. The molecule has 1 aliphatic heterocycles. The average molecular weight is 285 g/mol. The topological polar surface area (TPSA) is 68.5 Å². The summed E-state index contributed by atoms with van der Waals surface area (Å²) in [6.45, 7) is 4.37. The molecule has 5 heteroatoms. The van der Waals surface area contributed by atoms with Crippen LogP contribution in [-0.2, 0) is 16.1 Å². The van der Waals surface area contributed by atoms with Gasteiger partial charge in [-0.25, -0.2) is 0 Å². The molecule has 0 spiro atoms. The number of nitrogens with two attached hydrogens (primary N) is 1. The van der Waals surface area contributed by atoms with E-state index in [4.69, 9.17) is 10.5 Å². The van der Waals surface area contributed by atoms with E-state index in [1.54, 1.807) is 13.1 Å². The van der Waals surface area contributed by atoms with Gasteiger partial charge in [0, 0.05) is 31.2 Å². The van der Waals surface area contributed by atoms with Crippen LogP contribution in [0.1, 0.15) is 12.5 Å². The van der Waals surface area contributed by atoms with E-state index in [2.05, 4.69) is 28.1 Å². The van der Waals surface area contributed by atoms with Crippen molar-refractivity contribution in [1.29, 1.82) is 0 Å². The quantitative estimate of drug-likeness (QED) is 0.923. The van der Waals surface area contributed by atoms with Crippen LogP contribution < -0.4 is 5.73 Å². The first-order chi connectivity index (χ1) is 10.1. The fourth-order valence-electron chi connectivity index (χ4n) is 2.72. The van der Waals surface area contributed by atoms with Crippen molar-refractivity contribution in [2.75, 3.05) is 19.7 Å². The van der Waals surface area contributed by atoms with Crippen LogP contribution in [0.3, 0.4) is 0 Å². The predicted octanol–water partition coefficient (Wildman–Crippen LogP) is 1.31. The highest BCUT2D eigenvalue weighted by atomic mass is 16.5. The Labute approximate surface area is 123 Å². The van der Waals surface area contributed by atoms with Gasteiger partial charge in [0.25, 0.3) is 5.91 Å². The van der Waals surface area contributed by atoms with Crippen molar-refractivity contribution >= 4 is 16.8 Å². The summed E-state index contributed by atoms with van der Waals surface area (Å²) in [7, 11) is 0. The van der Waals surface area contributed by atoms with Crippen molar-refractivity contribution in [2.24, 2.45) is 5.73 Å². The third kappa shape index (κ3) is 2.89. The zero-order valence-electron chi connectivity index (χ0n) is 12.1. The number of morpholine rings is 1. The van der Waals surface area contributed by atoms with E-state index >= 15 is 0 Å². The van der Waals surface area contributed by atoms with Crippen molar-refractivity contribution < 1.29 is 9.53 Å². The zero-order valence-corrected chi connectivity index (χ0v) is 12.1. The van der Waals surface area contributed by atoms with Crippen molar-refractivity contribution in [3.8, 4) is 0 Å². The Morgan fingerprint density at radius 3 is 3.14 bits per heavy atom. The van der Waals surface area contributed by atoms with E-state index in [9.17, 15) is 4.79 Å². The van der Waals surface area contributed by atoms with Gasteiger partial charge < -0.3 is 10.5 Å². The summed E-state index contributed by atoms with van der Waals surface area (Å²) in [5, 5.41) is 1.13. The van der Waals surface area contributed by atoms with Gasteiger partial charge in [0.2, 0.25) is 0 Å². The molecule has 2 aromatic rings. The minimum absolute atomic E-state index is 0.407. The summed E-state index contributed by atoms with van der Waals surface area (Å²) < 4.78 is 5.54. The van der Waals surface area contributed by atoms with Gasteiger partial charge in [-0.05, 0) is 30.7 Å². The number of nitrogens with zero attached hydrogens (tertiary/aromatic N) is 2. The first-order valence-electron chi connectivity index (χ1n) is 7.07. The predicted molar refractivity (Wildman–Crippen MR) is 80.6 cm³/mol. The highest BCUT2D eigenvalue weighted by Gasteiger charge is 2.37. The largest absolute Gasteiger partial charge is 0.367 e. The molecule has 110 valence electrons. The molecule has 1 saturated heterocycles. The van der Waals surface area contributed by atoms with Gasteiger partial charge in [-0.2, -0.15) is 0 Å². The standard InChI is InChI=1S/C16H19N3O2/c1-16(15(17)20)11-19(7-8-21-16)10-12-4-5-14-13(9-12)3-2-6-18-14/h2-6,9H,7-8,10-11H2,1H3,(H2,17,20)/t16-/m0/s1. The van der Waals surface area contributed by atoms with Crippen LogP contribution in [0.15, 0.2) is 36.5 Å². The molecule has 0 radical (unpaired) electrons. The van der Waals surface area contributed by atoms with Crippen LogP contribution in [0, 0.1) is 0 Å². The van der Waals surface area contributed by atoms with Crippen molar-refractivity contribution in [2.45, 2.75) is 19.1 Å². The molecule has 21 heavy (non-hydrogen) atoms. The number of hydrogen-bond acceptors (Lipinski definition) is 4. The lowest BCUT2D eigenvalue weighted by Gasteiger charge is -2.38. The molecule has 0 saturated carbocycles. The molecule has 0 unspecified atom stereocenters. The molecule has 3 rings (SSSR count). The summed E-state index contributed by atoms with van der Waals surface area (Å²) in [6.07, 6.45) is 1.79. The minimum Gasteiger partial charge on any atom is -0.367 e. The molecule has 1 fully saturated rings. The Kier molecular flexibility index (Phi) is 3.61. The fourth-order valence-corrected chi connectivity index (χ4v) is 2.72. The van der Waals surface area contributed by atoms with Gasteiger partial charge in [-0.1, -0.05) is 12.1 Å². The number of benzene rings is 1. The molecule has 0 bridgehead atoms. The number of aromatic nitrogens is 1. The van der Waals surface area contributed by atoms with Gasteiger partial charge in [0.1, 0.15) is 0 Å². The summed E-state index contributed by atoms with van der Waals surface area (Å²) in [6, 6.07) is 10.2. The fraction of sp³-hybridized carbons (Fsp3) is 0.375. The van der Waals surface area contributed by atoms with E-state index in [-0.39, 0.29) is 0 Å². The molecule has 0 aliphatic carbocycles. The normalized spacial score (nSPS) is 23.3. The smallest absolute Gasteiger partial charge is 0.250 e. The molecule has 2 N–H and O–H groups in total. The number of primary amides is 1. The van der Waals surface area contributed by atoms with E-state index in [1.807, 2.05) is 12.1 Å². The SMILES string of the molecule is C[C@@]1(C(N)=O)CN(Cc2ccc3ncccc3c2)CCO1. The highest BCUT2D eigenvalue weighted by molar-refractivity contribution is 5.83. The number of pyridine rings is 1. The maximum absolute atomic E-state index is 11.5. The van der Waals surface area contributed by atoms with Crippen LogP contribution in [0.4, 0.5) is 0 Å². The Hall–Kier alpha value is -1.98. The monoisotopic (exact) mass is 285 g/mol. The van der Waals surface area contributed by atoms with Crippen LogP contribution in [-0.4, -0.2) is 41.1 Å². The van der Waals surface area contributed by atoms with Gasteiger partial charge >= 0.3 is 0 Å². The molecule has 1 aliphatic rings. The number of carbonyl (C=O) groups excluding carboxylic acids is 1. The van der Waals surface area contributed by atoms with Crippen LogP contribution in [0.25, 0.3) is 10.9 Å². The molecular formula is C16H19N3O2. The molecular weight excluding hydrogens is 266 g/mol. The maximum Gasteiger partial charge on any atom is 0.250 e. The van der Waals surface area contributed by atoms with E-state index in [0.29, 0.717) is 13.2 Å². The third-order valence-corrected chi connectivity index (χ3v) is 3.95. The van der Waals surface area contributed by atoms with Gasteiger partial charge in [0.15, 0.2) is 5.60 Å². The minimum atomic E-state index is -0.892. The van der Waals surface area contributed by atoms with Crippen LogP contribution in [0.2, 0.25) is 0 Å². The van der Waals surface area contributed by atoms with E-state index < -0.39 is 11.5 Å². The Balaban J connectivity index is 1.77. The second kappa shape index (κ2) is 5.42. The number of carbonyl (C=O) groups is 1. The Morgan fingerprint density at radius 1 is 1.48 bits per heavy atom. The molecule has 1 amide bonds. The summed E-state index contributed by atoms with van der Waals surface area (Å²) in [5.74, 6) is -0.407. The second-order valence-electron chi connectivity index (χ2n) is 5.68. The second-order valence-corrected chi connectivity index (χ2v) is 5.68. The van der Waals surface area contributed by atoms with Crippen LogP contribution >= 0.6 is 0 Å². The Bertz CT molecular complexity index is 673. The Morgan fingerprint density at radius 2 is 2.33 bits per heavy atom. The van der Waals surface area contributed by atoms with Crippen molar-refractivity contribution in [3.63, 3.8) is 0 Å². The molecule has 1 aromatic carbocycles.